The van der Waals surface area contributed by atoms with Gasteiger partial charge in [-0.15, -0.1) is 0 Å². The van der Waals surface area contributed by atoms with Gasteiger partial charge >= 0.3 is 5.97 Å². The van der Waals surface area contributed by atoms with Crippen molar-refractivity contribution in [3.8, 4) is 17.2 Å². The third-order valence-corrected chi connectivity index (χ3v) is 7.02. The molecule has 0 saturated carbocycles. The fourth-order valence-electron chi connectivity index (χ4n) is 4.40. The van der Waals surface area contributed by atoms with E-state index in [-0.39, 0.29) is 16.2 Å². The Labute approximate surface area is 234 Å². The van der Waals surface area contributed by atoms with Crippen molar-refractivity contribution in [3.05, 3.63) is 70.1 Å². The lowest BCUT2D eigenvalue weighted by Gasteiger charge is -2.35. The molecule has 0 radical (unpaired) electrons. The number of methoxy groups -OCH3 is 3. The maximum Gasteiger partial charge on any atom is 0.304 e. The van der Waals surface area contributed by atoms with E-state index in [2.05, 4.69) is 19.9 Å². The molecule has 39 heavy (non-hydrogen) atoms. The number of ether oxygens (including phenoxy) is 4. The van der Waals surface area contributed by atoms with Crippen LogP contribution in [0.5, 0.6) is 17.2 Å². The topological polar surface area (TPSA) is 91.4 Å². The number of benzene rings is 1. The molecule has 208 valence electrons. The van der Waals surface area contributed by atoms with Crippen LogP contribution >= 0.6 is 11.6 Å². The van der Waals surface area contributed by atoms with E-state index < -0.39 is 23.1 Å². The van der Waals surface area contributed by atoms with E-state index >= 15 is 0 Å². The first-order valence-electron chi connectivity index (χ1n) is 12.5. The molecule has 8 nitrogen and oxygen atoms in total. The van der Waals surface area contributed by atoms with Gasteiger partial charge in [0.2, 0.25) is 22.9 Å². The fourth-order valence-corrected chi connectivity index (χ4v) is 4.74. The first-order valence-corrected chi connectivity index (χ1v) is 12.9. The van der Waals surface area contributed by atoms with Gasteiger partial charge in [-0.2, -0.15) is 0 Å². The van der Waals surface area contributed by atoms with E-state index in [0.29, 0.717) is 34.6 Å². The lowest BCUT2D eigenvalue weighted by Crippen LogP contribution is -2.52. The van der Waals surface area contributed by atoms with E-state index in [9.17, 15) is 14.4 Å². The molecule has 0 saturated heterocycles. The average Bonchev–Trinajstić information content (AvgIpc) is 2.92. The van der Waals surface area contributed by atoms with Crippen molar-refractivity contribution in [2.75, 3.05) is 26.2 Å². The van der Waals surface area contributed by atoms with E-state index in [1.54, 1.807) is 29.3 Å². The number of Topliss-reactive ketones (excluding diaryl/α,β-unsaturated/α-hetero) is 2. The minimum atomic E-state index is -2.07. The summed E-state index contributed by atoms with van der Waals surface area (Å²) in [7, 11) is 4.53. The number of halogens is 1. The number of anilines is 1. The van der Waals surface area contributed by atoms with Crippen LogP contribution < -0.4 is 19.1 Å². The van der Waals surface area contributed by atoms with Gasteiger partial charge in [-0.05, 0) is 31.9 Å². The zero-order chi connectivity index (χ0) is 29.1. The van der Waals surface area contributed by atoms with E-state index in [1.165, 1.54) is 28.3 Å². The standard InChI is InChI=1S/C30H34ClNO7/c1-9-17(2)12-18(3)10-11-20-13-22-23(28(34)30(5,39-19(4)33)29(35)26(22)31)16-32(20)21-14-24(36-6)27(38-8)25(15-21)37-7/h10-17H,9H2,1-8H3/b11-10+,18-12+/t17-,30+/m0/s1. The molecule has 3 rings (SSSR count). The third kappa shape index (κ3) is 5.81. The molecular formula is C30H34ClNO7. The van der Waals surface area contributed by atoms with E-state index in [4.69, 9.17) is 30.5 Å². The van der Waals surface area contributed by atoms with Crippen LogP contribution in [-0.4, -0.2) is 44.5 Å². The lowest BCUT2D eigenvalue weighted by atomic mass is 9.79. The first-order chi connectivity index (χ1) is 18.4. The Morgan fingerprint density at radius 1 is 1.08 bits per heavy atom. The van der Waals surface area contributed by atoms with Crippen molar-refractivity contribution in [3.63, 3.8) is 0 Å². The highest BCUT2D eigenvalue weighted by molar-refractivity contribution is 6.49. The Balaban J connectivity index is 2.27. The molecule has 1 aliphatic heterocycles. The summed E-state index contributed by atoms with van der Waals surface area (Å²) in [5.74, 6) is -0.583. The van der Waals surface area contributed by atoms with Gasteiger partial charge in [0.25, 0.3) is 0 Å². The van der Waals surface area contributed by atoms with E-state index in [0.717, 1.165) is 18.9 Å². The summed E-state index contributed by atoms with van der Waals surface area (Å²) in [4.78, 5) is 40.3. The summed E-state index contributed by atoms with van der Waals surface area (Å²) >= 11 is 6.51. The average molecular weight is 556 g/mol. The fraction of sp³-hybridized carbons (Fsp3) is 0.367. The van der Waals surface area contributed by atoms with Crippen LogP contribution in [0.2, 0.25) is 0 Å². The normalized spacial score (nSPS) is 20.4. The number of hydrogen-bond acceptors (Lipinski definition) is 8. The van der Waals surface area contributed by atoms with Crippen molar-refractivity contribution in [1.29, 1.82) is 0 Å². The Hall–Kier alpha value is -3.78. The molecule has 0 N–H and O–H groups in total. The number of rotatable bonds is 9. The number of allylic oxidation sites excluding steroid dienone is 6. The summed E-state index contributed by atoms with van der Waals surface area (Å²) in [6.07, 6.45) is 10.2. The Morgan fingerprint density at radius 2 is 1.69 bits per heavy atom. The molecule has 2 aliphatic rings. The summed E-state index contributed by atoms with van der Waals surface area (Å²) < 4.78 is 21.7. The highest BCUT2D eigenvalue weighted by atomic mass is 35.5. The molecule has 0 fully saturated rings. The van der Waals surface area contributed by atoms with Gasteiger partial charge in [-0.25, -0.2) is 0 Å². The third-order valence-electron chi connectivity index (χ3n) is 6.65. The quantitative estimate of drug-likeness (QED) is 0.214. The molecular weight excluding hydrogens is 522 g/mol. The van der Waals surface area contributed by atoms with Gasteiger partial charge in [0.05, 0.1) is 32.0 Å². The maximum atomic E-state index is 13.6. The number of esters is 1. The van der Waals surface area contributed by atoms with Crippen LogP contribution in [0, 0.1) is 5.92 Å². The molecule has 1 heterocycles. The Bertz CT molecular complexity index is 1330. The molecule has 0 aromatic heterocycles. The van der Waals surface area contributed by atoms with Gasteiger partial charge in [-0.3, -0.25) is 14.4 Å². The predicted molar refractivity (Wildman–Crippen MR) is 150 cm³/mol. The molecule has 1 aliphatic carbocycles. The number of ketones is 2. The Kier molecular flexibility index (Phi) is 9.12. The van der Waals surface area contributed by atoms with Crippen molar-refractivity contribution >= 4 is 34.8 Å². The number of carbonyl (C=O) groups excluding carboxylic acids is 3. The minimum absolute atomic E-state index is 0.126. The van der Waals surface area contributed by atoms with E-state index in [1.807, 2.05) is 19.1 Å². The molecule has 0 amide bonds. The van der Waals surface area contributed by atoms with Crippen molar-refractivity contribution in [2.45, 2.75) is 46.6 Å². The number of fused-ring (bicyclic) bond motifs is 1. The molecule has 1 aromatic carbocycles. The van der Waals surface area contributed by atoms with Crippen LogP contribution in [-0.2, 0) is 19.1 Å². The van der Waals surface area contributed by atoms with Crippen molar-refractivity contribution < 1.29 is 33.3 Å². The second kappa shape index (κ2) is 11.9. The molecule has 9 heteroatoms. The molecule has 1 aromatic rings. The van der Waals surface area contributed by atoms with Gasteiger partial charge in [-0.1, -0.05) is 49.6 Å². The zero-order valence-electron chi connectivity index (χ0n) is 23.5. The van der Waals surface area contributed by atoms with Crippen molar-refractivity contribution in [1.82, 2.24) is 0 Å². The molecule has 2 atom stereocenters. The van der Waals surface area contributed by atoms with Gasteiger partial charge in [0.1, 0.15) is 0 Å². The number of carbonyl (C=O) groups is 3. The SMILES string of the molecule is CC[C@H](C)/C=C(C)/C=C/C1=CC2=C(Cl)C(=O)[C@](C)(OC(C)=O)C(=O)C2=CN1c1cc(OC)c(OC)c(OC)c1. The van der Waals surface area contributed by atoms with Crippen LogP contribution in [0.25, 0.3) is 0 Å². The smallest absolute Gasteiger partial charge is 0.304 e. The summed E-state index contributed by atoms with van der Waals surface area (Å²) in [5, 5.41) is -0.188. The maximum absolute atomic E-state index is 13.6. The molecule has 0 bridgehead atoms. The number of hydrogen-bond donors (Lipinski definition) is 0. The molecule has 0 unspecified atom stereocenters. The summed E-state index contributed by atoms with van der Waals surface area (Å²) in [5.41, 5.74) is 0.559. The van der Waals surface area contributed by atoms with Gasteiger partial charge < -0.3 is 23.8 Å². The van der Waals surface area contributed by atoms with Gasteiger partial charge in [0.15, 0.2) is 11.5 Å². The Morgan fingerprint density at radius 3 is 2.21 bits per heavy atom. The van der Waals surface area contributed by atoms with Crippen LogP contribution in [0.15, 0.2) is 70.1 Å². The highest BCUT2D eigenvalue weighted by Crippen LogP contribution is 2.45. The summed E-state index contributed by atoms with van der Waals surface area (Å²) in [6.45, 7) is 8.65. The monoisotopic (exact) mass is 555 g/mol. The second-order valence-electron chi connectivity index (χ2n) is 9.51. The minimum Gasteiger partial charge on any atom is -0.493 e. The summed E-state index contributed by atoms with van der Waals surface area (Å²) in [6, 6.07) is 3.48. The van der Waals surface area contributed by atoms with Crippen molar-refractivity contribution in [2.24, 2.45) is 5.92 Å². The zero-order valence-corrected chi connectivity index (χ0v) is 24.3. The van der Waals surface area contributed by atoms with Crippen LogP contribution in [0.4, 0.5) is 5.69 Å². The molecule has 0 spiro atoms. The van der Waals surface area contributed by atoms with Crippen LogP contribution in [0.3, 0.4) is 0 Å². The lowest BCUT2D eigenvalue weighted by molar-refractivity contribution is -0.167. The second-order valence-corrected chi connectivity index (χ2v) is 9.89. The van der Waals surface area contributed by atoms with Crippen LogP contribution in [0.1, 0.15) is 41.0 Å². The largest absolute Gasteiger partial charge is 0.493 e. The number of nitrogens with zero attached hydrogens (tertiary/aromatic N) is 1. The first kappa shape index (κ1) is 29.8. The predicted octanol–water partition coefficient (Wildman–Crippen LogP) is 5.82. The van der Waals surface area contributed by atoms with Gasteiger partial charge in [0, 0.05) is 42.1 Å². The highest BCUT2D eigenvalue weighted by Gasteiger charge is 2.52.